The van der Waals surface area contributed by atoms with Gasteiger partial charge in [-0.1, -0.05) is 0 Å². The highest BCUT2D eigenvalue weighted by molar-refractivity contribution is 5.94. The van der Waals surface area contributed by atoms with Crippen molar-refractivity contribution in [2.75, 3.05) is 19.7 Å². The van der Waals surface area contributed by atoms with E-state index >= 15 is 0 Å². The second kappa shape index (κ2) is 6.47. The monoisotopic (exact) mass is 338 g/mol. The minimum Gasteiger partial charge on any atom is -0.368 e. The Morgan fingerprint density at radius 2 is 1.92 bits per heavy atom. The molecule has 1 aliphatic carbocycles. The van der Waals surface area contributed by atoms with Gasteiger partial charge in [-0.25, -0.2) is 8.78 Å². The smallest absolute Gasteiger partial charge is 0.253 e. The van der Waals surface area contributed by atoms with Gasteiger partial charge in [0.15, 0.2) is 11.6 Å². The molecule has 2 amide bonds. The number of amides is 2. The molecule has 2 fully saturated rings. The van der Waals surface area contributed by atoms with Crippen LogP contribution in [0.15, 0.2) is 18.2 Å². The molecule has 130 valence electrons. The predicted octanol–water partition coefficient (Wildman–Crippen LogP) is 1.85. The number of piperidine rings is 1. The molecule has 0 bridgehead atoms. The fraction of sp³-hybridized carbons (Fsp3) is 0.529. The summed E-state index contributed by atoms with van der Waals surface area (Å²) in [7, 11) is 0. The molecular weight excluding hydrogens is 318 g/mol. The number of carbonyl (C=O) groups is 2. The van der Waals surface area contributed by atoms with Crippen LogP contribution in [0.25, 0.3) is 0 Å². The lowest BCUT2D eigenvalue weighted by atomic mass is 9.60. The summed E-state index contributed by atoms with van der Waals surface area (Å²) in [5.41, 5.74) is 5.27. The normalized spacial score (nSPS) is 22.2. The van der Waals surface area contributed by atoms with E-state index in [0.717, 1.165) is 37.8 Å². The fourth-order valence-corrected chi connectivity index (χ4v) is 3.65. The van der Waals surface area contributed by atoms with Crippen LogP contribution in [0, 0.1) is 17.0 Å². The third kappa shape index (κ3) is 3.13. The van der Waals surface area contributed by atoms with Crippen molar-refractivity contribution in [1.82, 2.24) is 4.90 Å². The summed E-state index contributed by atoms with van der Waals surface area (Å²) in [5.74, 6) is -2.76. The number of primary amides is 1. The molecule has 1 aliphatic heterocycles. The minimum absolute atomic E-state index is 0.000274. The Balaban J connectivity index is 1.59. The van der Waals surface area contributed by atoms with Crippen LogP contribution in [0.3, 0.4) is 0 Å². The number of benzene rings is 1. The number of halogens is 2. The molecule has 2 aliphatic rings. The Morgan fingerprint density at radius 1 is 1.21 bits per heavy atom. The lowest BCUT2D eigenvalue weighted by Gasteiger charge is -2.53. The van der Waals surface area contributed by atoms with Gasteiger partial charge < -0.3 is 15.4 Å². The van der Waals surface area contributed by atoms with E-state index in [9.17, 15) is 18.4 Å². The summed E-state index contributed by atoms with van der Waals surface area (Å²) in [6.45, 7) is 0.992. The van der Waals surface area contributed by atoms with Crippen molar-refractivity contribution in [3.8, 4) is 0 Å². The Hall–Kier alpha value is -2.02. The number of hydrogen-bond acceptors (Lipinski definition) is 3. The molecule has 0 aromatic heterocycles. The first-order valence-corrected chi connectivity index (χ1v) is 8.05. The number of nitrogens with zero attached hydrogens (tertiary/aromatic N) is 1. The highest BCUT2D eigenvalue weighted by Gasteiger charge is 2.49. The molecule has 3 rings (SSSR count). The van der Waals surface area contributed by atoms with Crippen molar-refractivity contribution in [3.63, 3.8) is 0 Å². The molecule has 1 heterocycles. The summed E-state index contributed by atoms with van der Waals surface area (Å²) in [4.78, 5) is 24.9. The standard InChI is InChI=1S/C17H20F2N2O3/c18-12-2-1-11(9-13(12)19)16(23)21-7-5-17(6-8-21)4-3-14(17)24-10-15(20)22/h1-2,9,14H,3-8,10H2,(H2,20,22). The zero-order chi connectivity index (χ0) is 17.3. The number of rotatable bonds is 4. The van der Waals surface area contributed by atoms with Crippen LogP contribution >= 0.6 is 0 Å². The first-order chi connectivity index (χ1) is 11.4. The summed E-state index contributed by atoms with van der Waals surface area (Å²) in [6, 6.07) is 3.20. The van der Waals surface area contributed by atoms with Crippen LogP contribution in [0.4, 0.5) is 8.78 Å². The molecule has 1 aromatic carbocycles. The van der Waals surface area contributed by atoms with Crippen molar-refractivity contribution in [2.24, 2.45) is 11.1 Å². The molecule has 5 nitrogen and oxygen atoms in total. The van der Waals surface area contributed by atoms with Gasteiger partial charge in [-0.05, 0) is 43.9 Å². The van der Waals surface area contributed by atoms with Crippen molar-refractivity contribution in [1.29, 1.82) is 0 Å². The maximum Gasteiger partial charge on any atom is 0.253 e. The average molecular weight is 338 g/mol. The third-order valence-corrected chi connectivity index (χ3v) is 5.23. The molecule has 1 saturated heterocycles. The fourth-order valence-electron chi connectivity index (χ4n) is 3.65. The van der Waals surface area contributed by atoms with Gasteiger partial charge in [0.05, 0.1) is 6.10 Å². The maximum atomic E-state index is 13.3. The van der Waals surface area contributed by atoms with E-state index < -0.39 is 17.5 Å². The minimum atomic E-state index is -1.02. The molecule has 1 spiro atoms. The van der Waals surface area contributed by atoms with Gasteiger partial charge in [0.25, 0.3) is 5.91 Å². The molecular formula is C17H20F2N2O3. The zero-order valence-electron chi connectivity index (χ0n) is 13.3. The second-order valence-corrected chi connectivity index (χ2v) is 6.59. The highest BCUT2D eigenvalue weighted by Crippen LogP contribution is 2.50. The van der Waals surface area contributed by atoms with Crippen LogP contribution in [0.5, 0.6) is 0 Å². The van der Waals surface area contributed by atoms with Gasteiger partial charge in [0, 0.05) is 24.1 Å². The zero-order valence-corrected chi connectivity index (χ0v) is 13.3. The van der Waals surface area contributed by atoms with E-state index in [1.54, 1.807) is 4.90 Å². The van der Waals surface area contributed by atoms with Crippen molar-refractivity contribution < 1.29 is 23.1 Å². The van der Waals surface area contributed by atoms with E-state index in [1.165, 1.54) is 6.07 Å². The molecule has 1 aromatic rings. The van der Waals surface area contributed by atoms with Gasteiger partial charge in [0.1, 0.15) is 6.61 Å². The molecule has 7 heteroatoms. The quantitative estimate of drug-likeness (QED) is 0.911. The molecule has 2 N–H and O–H groups in total. The van der Waals surface area contributed by atoms with Crippen LogP contribution in [0.2, 0.25) is 0 Å². The SMILES string of the molecule is NC(=O)COC1CCC12CCN(C(=O)c1ccc(F)c(F)c1)CC2. The Bertz CT molecular complexity index is 657. The highest BCUT2D eigenvalue weighted by atomic mass is 19.2. The number of ether oxygens (including phenoxy) is 1. The van der Waals surface area contributed by atoms with E-state index in [1.807, 2.05) is 0 Å². The molecule has 1 atom stereocenters. The summed E-state index contributed by atoms with van der Waals surface area (Å²) in [6.07, 6.45) is 3.44. The van der Waals surface area contributed by atoms with Gasteiger partial charge in [0.2, 0.25) is 5.91 Å². The number of likely N-dealkylation sites (tertiary alicyclic amines) is 1. The third-order valence-electron chi connectivity index (χ3n) is 5.23. The van der Waals surface area contributed by atoms with Crippen molar-refractivity contribution in [2.45, 2.75) is 31.8 Å². The predicted molar refractivity (Wildman–Crippen MR) is 82.1 cm³/mol. The maximum absolute atomic E-state index is 13.3. The summed E-state index contributed by atoms with van der Waals surface area (Å²) < 4.78 is 31.9. The van der Waals surface area contributed by atoms with Gasteiger partial charge in [-0.2, -0.15) is 0 Å². The number of hydrogen-bond donors (Lipinski definition) is 1. The largest absolute Gasteiger partial charge is 0.368 e. The molecule has 1 unspecified atom stereocenters. The summed E-state index contributed by atoms with van der Waals surface area (Å²) >= 11 is 0. The Labute approximate surface area is 138 Å². The first-order valence-electron chi connectivity index (χ1n) is 8.05. The molecule has 24 heavy (non-hydrogen) atoms. The van der Waals surface area contributed by atoms with Crippen LogP contribution in [-0.2, 0) is 9.53 Å². The van der Waals surface area contributed by atoms with Crippen LogP contribution in [-0.4, -0.2) is 42.5 Å². The number of carbonyl (C=O) groups excluding carboxylic acids is 2. The van der Waals surface area contributed by atoms with Gasteiger partial charge in [-0.3, -0.25) is 9.59 Å². The van der Waals surface area contributed by atoms with Crippen molar-refractivity contribution in [3.05, 3.63) is 35.4 Å². The summed E-state index contributed by atoms with van der Waals surface area (Å²) in [5, 5.41) is 0. The van der Waals surface area contributed by atoms with E-state index in [0.29, 0.717) is 13.1 Å². The van der Waals surface area contributed by atoms with E-state index in [-0.39, 0.29) is 29.6 Å². The lowest BCUT2D eigenvalue weighted by Crippen LogP contribution is -2.54. The van der Waals surface area contributed by atoms with Crippen molar-refractivity contribution >= 4 is 11.8 Å². The van der Waals surface area contributed by atoms with Crippen LogP contribution < -0.4 is 5.73 Å². The van der Waals surface area contributed by atoms with Gasteiger partial charge in [-0.15, -0.1) is 0 Å². The first kappa shape index (κ1) is 16.8. The van der Waals surface area contributed by atoms with Gasteiger partial charge >= 0.3 is 0 Å². The van der Waals surface area contributed by atoms with Crippen LogP contribution in [0.1, 0.15) is 36.0 Å². The average Bonchev–Trinajstić information content (AvgIpc) is 2.55. The Morgan fingerprint density at radius 3 is 2.46 bits per heavy atom. The lowest BCUT2D eigenvalue weighted by molar-refractivity contribution is -0.148. The van der Waals surface area contributed by atoms with E-state index in [4.69, 9.17) is 10.5 Å². The molecule has 1 saturated carbocycles. The van der Waals surface area contributed by atoms with E-state index in [2.05, 4.69) is 0 Å². The number of nitrogens with two attached hydrogens (primary N) is 1. The Kier molecular flexibility index (Phi) is 4.54. The topological polar surface area (TPSA) is 72.6 Å². The second-order valence-electron chi connectivity index (χ2n) is 6.59. The molecule has 0 radical (unpaired) electrons.